The predicted octanol–water partition coefficient (Wildman–Crippen LogP) is 13.0. The number of rotatable bonds is 0. The minimum absolute atomic E-state index is 0.0947. The highest BCUT2D eigenvalue weighted by Crippen LogP contribution is 2.70. The first-order valence-electron chi connectivity index (χ1n) is 27.5. The highest BCUT2D eigenvalue weighted by molar-refractivity contribution is 6.29. The highest BCUT2D eigenvalue weighted by Gasteiger charge is 2.62. The molecule has 0 unspecified atom stereocenters. The van der Waals surface area contributed by atoms with Gasteiger partial charge in [-0.05, 0) is 252 Å². The lowest BCUT2D eigenvalue weighted by atomic mass is 9.44. The van der Waals surface area contributed by atoms with Gasteiger partial charge in [-0.1, -0.05) is 47.6 Å². The second-order valence-electron chi connectivity index (χ2n) is 25.5. The number of carbonyl (C=O) groups is 4. The molecule has 18 atom stereocenters. The summed E-state index contributed by atoms with van der Waals surface area (Å²) in [5, 5.41) is 0. The quantitative estimate of drug-likeness (QED) is 0.144. The molecule has 0 amide bonds. The van der Waals surface area contributed by atoms with E-state index in [4.69, 9.17) is 18.9 Å². The molecule has 0 N–H and O–H groups in total. The fraction of sp³-hybridized carbons (Fsp3) is 0.828. The Labute approximate surface area is 396 Å². The lowest BCUT2D eigenvalue weighted by molar-refractivity contribution is -0.168. The summed E-state index contributed by atoms with van der Waals surface area (Å²) in [6, 6.07) is 7.12. The van der Waals surface area contributed by atoms with Gasteiger partial charge in [-0.15, -0.1) is 0 Å². The predicted molar refractivity (Wildman–Crippen MR) is 254 cm³/mol. The van der Waals surface area contributed by atoms with Crippen molar-refractivity contribution in [2.75, 3.05) is 13.2 Å². The van der Waals surface area contributed by atoms with Crippen LogP contribution in [0.5, 0.6) is 0 Å². The molecule has 1 aromatic carbocycles. The van der Waals surface area contributed by atoms with Crippen molar-refractivity contribution in [1.29, 1.82) is 0 Å². The molecular formula is C58H84O8. The summed E-state index contributed by atoms with van der Waals surface area (Å²) >= 11 is 0. The minimum Gasteiger partial charge on any atom is -0.459 e. The Hall–Kier alpha value is -2.90. The van der Waals surface area contributed by atoms with E-state index in [1.54, 1.807) is 18.2 Å². The van der Waals surface area contributed by atoms with Crippen LogP contribution in [0.4, 0.5) is 0 Å². The van der Waals surface area contributed by atoms with Crippen molar-refractivity contribution in [3.05, 3.63) is 35.4 Å². The molecule has 8 fully saturated rings. The molecule has 1 aromatic rings. The Balaban J connectivity index is 0.830. The molecule has 5 aliphatic heterocycles. The first kappa shape index (κ1) is 46.8. The van der Waals surface area contributed by atoms with Crippen LogP contribution in [0.1, 0.15) is 204 Å². The molecule has 8 aliphatic carbocycles. The standard InChI is InChI=1S/C58H84O8/c1-35-10-8-30-63-53(61)54(62)64-31-9-11-36(2)46-19-21-48-44-17-15-40-34-42(23-27-56(40,4)50(44)25-29-58(46,48)6)66-52(60)38-13-7-12-37(32-38)51(59)65-41-22-26-55(3)39(33-41)14-16-43-47-20-18-45(35)57(47,5)28-24-49(43)55/h7,12-13,32,35-36,39-50H,8-11,14-31,33-34H2,1-6H3/t35-,36-,39+,40+,41-,42-,43+,44+,45-,46-,47+,48+,49+,50+,55+,56+,57-,58-/m1/s1. The van der Waals surface area contributed by atoms with Gasteiger partial charge >= 0.3 is 23.9 Å². The number of ether oxygens (including phenoxy) is 4. The van der Waals surface area contributed by atoms with E-state index in [0.29, 0.717) is 69.3 Å². The van der Waals surface area contributed by atoms with E-state index in [1.807, 2.05) is 6.07 Å². The smallest absolute Gasteiger partial charge is 0.417 e. The van der Waals surface area contributed by atoms with Gasteiger partial charge in [-0.2, -0.15) is 0 Å². The van der Waals surface area contributed by atoms with Gasteiger partial charge < -0.3 is 18.9 Å². The summed E-state index contributed by atoms with van der Waals surface area (Å²) in [6.45, 7) is 15.7. The monoisotopic (exact) mass is 909 g/mol. The fourth-order valence-electron chi connectivity index (χ4n) is 19.5. The van der Waals surface area contributed by atoms with E-state index in [2.05, 4.69) is 41.5 Å². The highest BCUT2D eigenvalue weighted by atomic mass is 16.6. The zero-order valence-corrected chi connectivity index (χ0v) is 41.6. The van der Waals surface area contributed by atoms with Crippen molar-refractivity contribution < 1.29 is 38.1 Å². The molecule has 66 heavy (non-hydrogen) atoms. The maximum Gasteiger partial charge on any atom is 0.417 e. The Bertz CT molecular complexity index is 1860. The first-order chi connectivity index (χ1) is 31.6. The van der Waals surface area contributed by atoms with Crippen LogP contribution in [0.2, 0.25) is 0 Å². The molecule has 0 radical (unpaired) electrons. The van der Waals surface area contributed by atoms with Crippen LogP contribution in [0.25, 0.3) is 0 Å². The Kier molecular flexibility index (Phi) is 12.9. The van der Waals surface area contributed by atoms with Crippen LogP contribution in [0, 0.1) is 92.7 Å². The number of esters is 4. The van der Waals surface area contributed by atoms with Gasteiger partial charge in [0.2, 0.25) is 0 Å². The molecule has 18 bridgehead atoms. The molecular weight excluding hydrogens is 825 g/mol. The lowest BCUT2D eigenvalue weighted by Crippen LogP contribution is -2.54. The third kappa shape index (κ3) is 8.10. The minimum atomic E-state index is -0.840. The zero-order valence-electron chi connectivity index (χ0n) is 41.6. The van der Waals surface area contributed by atoms with Gasteiger partial charge in [0, 0.05) is 0 Å². The van der Waals surface area contributed by atoms with Crippen LogP contribution < -0.4 is 0 Å². The van der Waals surface area contributed by atoms with Gasteiger partial charge in [-0.25, -0.2) is 19.2 Å². The van der Waals surface area contributed by atoms with E-state index in [-0.39, 0.29) is 48.2 Å². The van der Waals surface area contributed by atoms with Gasteiger partial charge in [-0.3, -0.25) is 0 Å². The second-order valence-corrected chi connectivity index (χ2v) is 25.5. The number of carbonyl (C=O) groups excluding carboxylic acids is 4. The lowest BCUT2D eigenvalue weighted by Gasteiger charge is -2.61. The molecule has 8 nitrogen and oxygen atoms in total. The van der Waals surface area contributed by atoms with Gasteiger partial charge in [0.1, 0.15) is 12.2 Å². The number of hydrogen-bond donors (Lipinski definition) is 0. The second kappa shape index (κ2) is 18.1. The maximum atomic E-state index is 13.8. The average Bonchev–Trinajstić information content (AvgIpc) is 3.86. The first-order valence-corrected chi connectivity index (χ1v) is 27.5. The molecule has 0 saturated heterocycles. The zero-order chi connectivity index (χ0) is 46.2. The summed E-state index contributed by atoms with van der Waals surface area (Å²) < 4.78 is 23.6. The van der Waals surface area contributed by atoms with Gasteiger partial charge in [0.25, 0.3) is 0 Å². The third-order valence-electron chi connectivity index (χ3n) is 22.9. The molecule has 364 valence electrons. The topological polar surface area (TPSA) is 105 Å². The van der Waals surface area contributed by atoms with Crippen molar-refractivity contribution in [2.24, 2.45) is 92.7 Å². The van der Waals surface area contributed by atoms with Crippen molar-refractivity contribution in [1.82, 2.24) is 0 Å². The van der Waals surface area contributed by atoms with Gasteiger partial charge in [0.05, 0.1) is 24.3 Å². The van der Waals surface area contributed by atoms with E-state index in [0.717, 1.165) is 87.9 Å². The van der Waals surface area contributed by atoms with Crippen LogP contribution >= 0.6 is 0 Å². The summed E-state index contributed by atoms with van der Waals surface area (Å²) in [6.07, 6.45) is 24.4. The molecule has 14 rings (SSSR count). The van der Waals surface area contributed by atoms with Crippen molar-refractivity contribution in [2.45, 2.75) is 195 Å². The summed E-state index contributed by atoms with van der Waals surface area (Å²) in [5.41, 5.74) is 2.10. The summed E-state index contributed by atoms with van der Waals surface area (Å²) in [5.74, 6) is 5.62. The van der Waals surface area contributed by atoms with Gasteiger partial charge in [0.15, 0.2) is 0 Å². The summed E-state index contributed by atoms with van der Waals surface area (Å²) in [7, 11) is 0. The van der Waals surface area contributed by atoms with Crippen LogP contribution in [-0.2, 0) is 28.5 Å². The Morgan fingerprint density at radius 2 is 0.833 bits per heavy atom. The molecule has 13 aliphatic rings. The summed E-state index contributed by atoms with van der Waals surface area (Å²) in [4.78, 5) is 53.1. The SMILES string of the molecule is C[C@@H]1CCCOC(=O)C(=O)OCCC[C@@H](C)[C@H]2CC[C@H]3[C@@H]4CC[C@H]5C[C@@H](CC[C@]5(C)[C@H]4CC[C@]23C)OC(=O)c2cccc(c2)C(=O)O[C@@H]2CC[C@@]3(C)[C@@H](CC[C@@H]4[C@@H]3CC[C@]3(C)[C@@H]1CC[C@@H]43)C2. The number of hydrogen-bond acceptors (Lipinski definition) is 8. The van der Waals surface area contributed by atoms with Crippen molar-refractivity contribution in [3.63, 3.8) is 0 Å². The van der Waals surface area contributed by atoms with E-state index < -0.39 is 11.9 Å². The van der Waals surface area contributed by atoms with Crippen LogP contribution in [0.3, 0.4) is 0 Å². The van der Waals surface area contributed by atoms with E-state index in [1.165, 1.54) is 77.0 Å². The average molecular weight is 909 g/mol. The maximum absolute atomic E-state index is 13.8. The van der Waals surface area contributed by atoms with Crippen molar-refractivity contribution in [3.8, 4) is 0 Å². The molecule has 8 saturated carbocycles. The Morgan fingerprint density at radius 1 is 0.439 bits per heavy atom. The normalized spacial score (nSPS) is 47.8. The molecule has 0 aromatic heterocycles. The fourth-order valence-corrected chi connectivity index (χ4v) is 19.5. The Morgan fingerprint density at radius 3 is 1.27 bits per heavy atom. The van der Waals surface area contributed by atoms with Crippen LogP contribution in [-0.4, -0.2) is 49.3 Å². The molecule has 0 spiro atoms. The van der Waals surface area contributed by atoms with Crippen LogP contribution in [0.15, 0.2) is 24.3 Å². The molecule has 8 heteroatoms. The largest absolute Gasteiger partial charge is 0.459 e. The third-order valence-corrected chi connectivity index (χ3v) is 22.9. The van der Waals surface area contributed by atoms with E-state index in [9.17, 15) is 19.2 Å². The molecule has 5 heterocycles. The number of benzene rings is 1. The van der Waals surface area contributed by atoms with Crippen molar-refractivity contribution >= 4 is 23.9 Å². The van der Waals surface area contributed by atoms with E-state index >= 15 is 0 Å².